The first-order chi connectivity index (χ1) is 7.52. The zero-order chi connectivity index (χ0) is 11.4. The minimum absolute atomic E-state index is 0.510. The minimum atomic E-state index is 0.510. The van der Waals surface area contributed by atoms with E-state index < -0.39 is 0 Å². The SMILES string of the molecule is CC12CCC(C1)C(C)(C)C2NC1CC=CC1. The summed E-state index contributed by atoms with van der Waals surface area (Å²) in [5.74, 6) is 0.962. The van der Waals surface area contributed by atoms with Gasteiger partial charge >= 0.3 is 0 Å². The number of nitrogens with one attached hydrogen (secondary N) is 1. The van der Waals surface area contributed by atoms with Crippen molar-refractivity contribution < 1.29 is 0 Å². The second-order valence-corrected chi connectivity index (χ2v) is 7.15. The van der Waals surface area contributed by atoms with Crippen molar-refractivity contribution in [2.75, 3.05) is 0 Å². The van der Waals surface area contributed by atoms with Gasteiger partial charge in [0, 0.05) is 12.1 Å². The highest BCUT2D eigenvalue weighted by molar-refractivity contribution is 5.13. The maximum Gasteiger partial charge on any atom is 0.0178 e. The van der Waals surface area contributed by atoms with Gasteiger partial charge in [-0.25, -0.2) is 0 Å². The number of fused-ring (bicyclic) bond motifs is 2. The molecule has 3 aliphatic carbocycles. The van der Waals surface area contributed by atoms with Gasteiger partial charge < -0.3 is 5.32 Å². The molecule has 0 aromatic carbocycles. The molecule has 16 heavy (non-hydrogen) atoms. The van der Waals surface area contributed by atoms with Crippen molar-refractivity contribution >= 4 is 0 Å². The van der Waals surface area contributed by atoms with Crippen LogP contribution in [0, 0.1) is 16.7 Å². The van der Waals surface area contributed by atoms with Crippen LogP contribution >= 0.6 is 0 Å². The molecule has 2 bridgehead atoms. The van der Waals surface area contributed by atoms with Gasteiger partial charge in [-0.1, -0.05) is 32.9 Å². The van der Waals surface area contributed by atoms with Gasteiger partial charge in [-0.05, 0) is 48.9 Å². The largest absolute Gasteiger partial charge is 0.310 e. The molecule has 3 atom stereocenters. The first kappa shape index (κ1) is 10.8. The lowest BCUT2D eigenvalue weighted by Crippen LogP contribution is -2.53. The van der Waals surface area contributed by atoms with Crippen molar-refractivity contribution in [3.05, 3.63) is 12.2 Å². The van der Waals surface area contributed by atoms with E-state index in [2.05, 4.69) is 38.2 Å². The molecule has 0 aliphatic heterocycles. The molecule has 90 valence electrons. The molecule has 0 aromatic rings. The predicted molar refractivity (Wildman–Crippen MR) is 68.3 cm³/mol. The third-order valence-corrected chi connectivity index (χ3v) is 5.68. The van der Waals surface area contributed by atoms with E-state index in [0.717, 1.165) is 18.0 Å². The molecule has 0 saturated heterocycles. The topological polar surface area (TPSA) is 12.0 Å². The molecular weight excluding hydrogens is 194 g/mol. The Bertz CT molecular complexity index is 305. The van der Waals surface area contributed by atoms with E-state index in [-0.39, 0.29) is 0 Å². The van der Waals surface area contributed by atoms with Crippen LogP contribution in [-0.2, 0) is 0 Å². The maximum atomic E-state index is 3.98. The summed E-state index contributed by atoms with van der Waals surface area (Å²) in [6.07, 6.45) is 11.5. The van der Waals surface area contributed by atoms with Gasteiger partial charge in [-0.3, -0.25) is 0 Å². The lowest BCUT2D eigenvalue weighted by atomic mass is 9.68. The van der Waals surface area contributed by atoms with Crippen molar-refractivity contribution in [1.82, 2.24) is 5.32 Å². The fourth-order valence-electron chi connectivity index (χ4n) is 4.71. The van der Waals surface area contributed by atoms with E-state index in [1.807, 2.05) is 0 Å². The number of hydrogen-bond donors (Lipinski definition) is 1. The maximum absolute atomic E-state index is 3.98. The summed E-state index contributed by atoms with van der Waals surface area (Å²) in [7, 11) is 0. The van der Waals surface area contributed by atoms with Crippen LogP contribution in [0.1, 0.15) is 52.9 Å². The van der Waals surface area contributed by atoms with Crippen molar-refractivity contribution in [2.24, 2.45) is 16.7 Å². The zero-order valence-electron chi connectivity index (χ0n) is 10.9. The zero-order valence-corrected chi connectivity index (χ0v) is 10.9. The fraction of sp³-hybridized carbons (Fsp3) is 0.867. The summed E-state index contributed by atoms with van der Waals surface area (Å²) in [5.41, 5.74) is 1.09. The normalized spacial score (nSPS) is 45.7. The molecule has 3 rings (SSSR count). The van der Waals surface area contributed by atoms with E-state index in [1.54, 1.807) is 0 Å². The Hall–Kier alpha value is -0.300. The summed E-state index contributed by atoms with van der Waals surface area (Å²) in [6, 6.07) is 1.46. The molecule has 0 radical (unpaired) electrons. The van der Waals surface area contributed by atoms with Crippen LogP contribution in [0.5, 0.6) is 0 Å². The second-order valence-electron chi connectivity index (χ2n) is 7.15. The van der Waals surface area contributed by atoms with Gasteiger partial charge in [-0.15, -0.1) is 0 Å². The van der Waals surface area contributed by atoms with Crippen molar-refractivity contribution in [3.8, 4) is 0 Å². The van der Waals surface area contributed by atoms with Crippen molar-refractivity contribution in [2.45, 2.75) is 65.0 Å². The summed E-state index contributed by atoms with van der Waals surface area (Å²) >= 11 is 0. The molecule has 2 fully saturated rings. The lowest BCUT2D eigenvalue weighted by molar-refractivity contribution is 0.0995. The van der Waals surface area contributed by atoms with E-state index in [0.29, 0.717) is 10.8 Å². The van der Waals surface area contributed by atoms with Crippen LogP contribution in [0.15, 0.2) is 12.2 Å². The Labute approximate surface area is 99.7 Å². The molecule has 0 heterocycles. The highest BCUT2D eigenvalue weighted by Gasteiger charge is 2.59. The summed E-state index contributed by atoms with van der Waals surface area (Å²) in [5, 5.41) is 3.98. The molecule has 1 heteroatoms. The Balaban J connectivity index is 1.77. The molecule has 0 aromatic heterocycles. The third-order valence-electron chi connectivity index (χ3n) is 5.68. The summed E-state index contributed by atoms with van der Waals surface area (Å²) in [6.45, 7) is 7.49. The Morgan fingerprint density at radius 2 is 1.81 bits per heavy atom. The van der Waals surface area contributed by atoms with Crippen LogP contribution < -0.4 is 5.32 Å². The average molecular weight is 219 g/mol. The standard InChI is InChI=1S/C15H25N/c1-14(2)11-8-9-15(3,10-11)13(14)16-12-6-4-5-7-12/h4-5,11-13,16H,6-10H2,1-3H3. The fourth-order valence-corrected chi connectivity index (χ4v) is 4.71. The Kier molecular flexibility index (Phi) is 2.27. The molecule has 1 N–H and O–H groups in total. The van der Waals surface area contributed by atoms with Crippen LogP contribution in [0.2, 0.25) is 0 Å². The quantitative estimate of drug-likeness (QED) is 0.701. The van der Waals surface area contributed by atoms with E-state index in [4.69, 9.17) is 0 Å². The van der Waals surface area contributed by atoms with Gasteiger partial charge in [0.2, 0.25) is 0 Å². The van der Waals surface area contributed by atoms with E-state index in [9.17, 15) is 0 Å². The third kappa shape index (κ3) is 1.40. The summed E-state index contributed by atoms with van der Waals surface area (Å²) in [4.78, 5) is 0. The molecule has 1 nitrogen and oxygen atoms in total. The van der Waals surface area contributed by atoms with E-state index >= 15 is 0 Å². The first-order valence-electron chi connectivity index (χ1n) is 6.93. The monoisotopic (exact) mass is 219 g/mol. The van der Waals surface area contributed by atoms with Crippen molar-refractivity contribution in [3.63, 3.8) is 0 Å². The second kappa shape index (κ2) is 3.35. The first-order valence-corrected chi connectivity index (χ1v) is 6.93. The molecule has 0 spiro atoms. The molecule has 3 aliphatic rings. The summed E-state index contributed by atoms with van der Waals surface area (Å²) < 4.78 is 0. The van der Waals surface area contributed by atoms with Crippen LogP contribution in [0.4, 0.5) is 0 Å². The van der Waals surface area contributed by atoms with E-state index in [1.165, 1.54) is 32.1 Å². The van der Waals surface area contributed by atoms with Crippen LogP contribution in [0.3, 0.4) is 0 Å². The average Bonchev–Trinajstić information content (AvgIpc) is 2.85. The van der Waals surface area contributed by atoms with Gasteiger partial charge in [-0.2, -0.15) is 0 Å². The highest BCUT2D eigenvalue weighted by Crippen LogP contribution is 2.62. The van der Waals surface area contributed by atoms with Gasteiger partial charge in [0.15, 0.2) is 0 Å². The Morgan fingerprint density at radius 1 is 1.12 bits per heavy atom. The molecule has 0 amide bonds. The van der Waals surface area contributed by atoms with Gasteiger partial charge in [0.25, 0.3) is 0 Å². The minimum Gasteiger partial charge on any atom is -0.310 e. The molecule has 3 unspecified atom stereocenters. The van der Waals surface area contributed by atoms with Crippen LogP contribution in [0.25, 0.3) is 0 Å². The van der Waals surface area contributed by atoms with Crippen LogP contribution in [-0.4, -0.2) is 12.1 Å². The highest BCUT2D eigenvalue weighted by atomic mass is 15.0. The van der Waals surface area contributed by atoms with Gasteiger partial charge in [0.05, 0.1) is 0 Å². The smallest absolute Gasteiger partial charge is 0.0178 e. The molecule has 2 saturated carbocycles. The Morgan fingerprint density at radius 3 is 2.38 bits per heavy atom. The lowest BCUT2D eigenvalue weighted by Gasteiger charge is -2.44. The predicted octanol–water partition coefficient (Wildman–Crippen LogP) is 3.51. The number of hydrogen-bond acceptors (Lipinski definition) is 1. The number of rotatable bonds is 2. The van der Waals surface area contributed by atoms with Gasteiger partial charge in [0.1, 0.15) is 0 Å². The van der Waals surface area contributed by atoms with Crippen molar-refractivity contribution in [1.29, 1.82) is 0 Å². The molecular formula is C15H25N.